The topological polar surface area (TPSA) is 28.2 Å². The van der Waals surface area contributed by atoms with E-state index in [2.05, 4.69) is 16.7 Å². The van der Waals surface area contributed by atoms with Crippen molar-refractivity contribution in [3.63, 3.8) is 0 Å². The summed E-state index contributed by atoms with van der Waals surface area (Å²) in [5.41, 5.74) is 4.61. The first-order valence-corrected chi connectivity index (χ1v) is 5.42. The van der Waals surface area contributed by atoms with E-state index in [-0.39, 0.29) is 0 Å². The summed E-state index contributed by atoms with van der Waals surface area (Å²) >= 11 is 0. The van der Waals surface area contributed by atoms with Gasteiger partial charge in [0.15, 0.2) is 0 Å². The maximum atomic E-state index is 9.22. The van der Waals surface area contributed by atoms with Crippen molar-refractivity contribution >= 4 is 5.52 Å². The Morgan fingerprint density at radius 1 is 1.20 bits per heavy atom. The second kappa shape index (κ2) is 3.13. The molecule has 2 nitrogen and oxygen atoms in total. The molecule has 1 aliphatic rings. The highest BCUT2D eigenvalue weighted by Gasteiger charge is 2.19. The highest BCUT2D eigenvalue weighted by Crippen LogP contribution is 2.29. The number of pyridine rings is 1. The lowest BCUT2D eigenvalue weighted by atomic mass is 9.95. The van der Waals surface area contributed by atoms with Gasteiger partial charge in [-0.25, -0.2) is 0 Å². The van der Waals surface area contributed by atoms with Gasteiger partial charge in [0.2, 0.25) is 0 Å². The van der Waals surface area contributed by atoms with Crippen LogP contribution in [0.5, 0.6) is 0 Å². The fourth-order valence-electron chi connectivity index (χ4n) is 2.59. The monoisotopic (exact) mass is 196 g/mol. The summed E-state index contributed by atoms with van der Waals surface area (Å²) in [4.78, 5) is 0. The van der Waals surface area contributed by atoms with Gasteiger partial charge in [0.05, 0.1) is 11.1 Å². The molecule has 0 spiro atoms. The molecule has 0 aromatic carbocycles. The van der Waals surface area contributed by atoms with Crippen LogP contribution in [-0.2, 0) is 12.8 Å². The van der Waals surface area contributed by atoms with Crippen molar-refractivity contribution in [1.82, 2.24) is 4.40 Å². The summed E-state index contributed by atoms with van der Waals surface area (Å²) in [6.07, 6.45) is 6.72. The van der Waals surface area contributed by atoms with Crippen molar-refractivity contribution in [1.29, 1.82) is 5.26 Å². The van der Waals surface area contributed by atoms with E-state index in [4.69, 9.17) is 0 Å². The van der Waals surface area contributed by atoms with Crippen LogP contribution < -0.4 is 0 Å². The quantitative estimate of drug-likeness (QED) is 0.636. The van der Waals surface area contributed by atoms with E-state index in [1.807, 2.05) is 18.2 Å². The van der Waals surface area contributed by atoms with Crippen LogP contribution in [0.4, 0.5) is 0 Å². The van der Waals surface area contributed by atoms with Crippen LogP contribution in [0.3, 0.4) is 0 Å². The minimum absolute atomic E-state index is 0.894. The van der Waals surface area contributed by atoms with Crippen LogP contribution in [0.15, 0.2) is 24.4 Å². The lowest BCUT2D eigenvalue weighted by Gasteiger charge is -2.11. The molecule has 3 rings (SSSR count). The standard InChI is InChI=1S/C13H12N2/c14-9-11-10-5-1-2-6-12(10)15-8-4-3-7-13(11)15/h3-4,7-8H,1-2,5-6H2. The molecule has 74 valence electrons. The van der Waals surface area contributed by atoms with Crippen LogP contribution in [0, 0.1) is 11.3 Å². The Kier molecular flexibility index (Phi) is 1.78. The maximum absolute atomic E-state index is 9.22. The van der Waals surface area contributed by atoms with Crippen LogP contribution >= 0.6 is 0 Å². The first-order chi connectivity index (χ1) is 7.42. The van der Waals surface area contributed by atoms with Crippen LogP contribution in [0.25, 0.3) is 5.52 Å². The fourth-order valence-corrected chi connectivity index (χ4v) is 2.59. The molecule has 2 heterocycles. The number of rotatable bonds is 0. The Morgan fingerprint density at radius 2 is 2.07 bits per heavy atom. The molecule has 0 bridgehead atoms. The van der Waals surface area contributed by atoms with Gasteiger partial charge in [0.25, 0.3) is 0 Å². The molecule has 0 N–H and O–H groups in total. The molecule has 0 unspecified atom stereocenters. The van der Waals surface area contributed by atoms with Gasteiger partial charge in [-0.1, -0.05) is 6.07 Å². The summed E-state index contributed by atoms with van der Waals surface area (Å²) < 4.78 is 2.19. The van der Waals surface area contributed by atoms with Crippen LogP contribution in [-0.4, -0.2) is 4.40 Å². The third-order valence-electron chi connectivity index (χ3n) is 3.26. The van der Waals surface area contributed by atoms with Crippen molar-refractivity contribution < 1.29 is 0 Å². The fraction of sp³-hybridized carbons (Fsp3) is 0.308. The number of nitrogens with zero attached hydrogens (tertiary/aromatic N) is 2. The Labute approximate surface area is 88.8 Å². The number of aryl methyl sites for hydroxylation is 1. The van der Waals surface area contributed by atoms with Gasteiger partial charge in [0.1, 0.15) is 6.07 Å². The SMILES string of the molecule is N#Cc1c2c(n3ccccc13)CCCC2. The second-order valence-electron chi connectivity index (χ2n) is 4.08. The lowest BCUT2D eigenvalue weighted by Crippen LogP contribution is -2.03. The molecule has 0 radical (unpaired) electrons. The molecular weight excluding hydrogens is 184 g/mol. The average molecular weight is 196 g/mol. The van der Waals surface area contributed by atoms with Crippen LogP contribution in [0.1, 0.15) is 29.7 Å². The summed E-state index contributed by atoms with van der Waals surface area (Å²) in [5.74, 6) is 0. The first kappa shape index (κ1) is 8.55. The largest absolute Gasteiger partial charge is 0.319 e. The summed E-state index contributed by atoms with van der Waals surface area (Å²) in [6, 6.07) is 8.43. The van der Waals surface area contributed by atoms with Gasteiger partial charge in [-0.15, -0.1) is 0 Å². The van der Waals surface area contributed by atoms with E-state index in [0.29, 0.717) is 0 Å². The molecule has 0 saturated carbocycles. The zero-order valence-corrected chi connectivity index (χ0v) is 8.53. The third-order valence-corrected chi connectivity index (χ3v) is 3.26. The summed E-state index contributed by atoms with van der Waals surface area (Å²) in [7, 11) is 0. The number of nitriles is 1. The zero-order valence-electron chi connectivity index (χ0n) is 8.53. The van der Waals surface area contributed by atoms with E-state index in [9.17, 15) is 5.26 Å². The number of hydrogen-bond donors (Lipinski definition) is 0. The van der Waals surface area contributed by atoms with Gasteiger partial charge in [-0.3, -0.25) is 0 Å². The molecule has 0 fully saturated rings. The minimum atomic E-state index is 0.894. The molecular formula is C13H12N2. The predicted molar refractivity (Wildman–Crippen MR) is 58.8 cm³/mol. The van der Waals surface area contributed by atoms with Gasteiger partial charge in [0, 0.05) is 11.9 Å². The highest BCUT2D eigenvalue weighted by molar-refractivity contribution is 5.67. The Bertz CT molecular complexity index is 558. The molecule has 1 aliphatic carbocycles. The number of hydrogen-bond acceptors (Lipinski definition) is 1. The van der Waals surface area contributed by atoms with E-state index in [1.165, 1.54) is 24.1 Å². The predicted octanol–water partition coefficient (Wildman–Crippen LogP) is 2.69. The first-order valence-electron chi connectivity index (χ1n) is 5.42. The highest BCUT2D eigenvalue weighted by atomic mass is 14.9. The zero-order chi connectivity index (χ0) is 10.3. The average Bonchev–Trinajstić information content (AvgIpc) is 2.63. The molecule has 0 amide bonds. The summed E-state index contributed by atoms with van der Waals surface area (Å²) in [6.45, 7) is 0. The van der Waals surface area contributed by atoms with Gasteiger partial charge >= 0.3 is 0 Å². The van der Waals surface area contributed by atoms with E-state index in [1.54, 1.807) is 0 Å². The van der Waals surface area contributed by atoms with E-state index in [0.717, 1.165) is 23.9 Å². The smallest absolute Gasteiger partial charge is 0.102 e. The summed E-state index contributed by atoms with van der Waals surface area (Å²) in [5, 5.41) is 9.22. The Balaban J connectivity index is 2.44. The number of fused-ring (bicyclic) bond motifs is 3. The van der Waals surface area contributed by atoms with E-state index >= 15 is 0 Å². The lowest BCUT2D eigenvalue weighted by molar-refractivity contribution is 0.668. The van der Waals surface area contributed by atoms with Crippen molar-refractivity contribution in [3.05, 3.63) is 41.2 Å². The molecule has 2 aromatic rings. The number of aromatic nitrogens is 1. The van der Waals surface area contributed by atoms with Gasteiger partial charge < -0.3 is 4.40 Å². The van der Waals surface area contributed by atoms with Crippen molar-refractivity contribution in [2.75, 3.05) is 0 Å². The van der Waals surface area contributed by atoms with Gasteiger partial charge in [-0.2, -0.15) is 5.26 Å². The van der Waals surface area contributed by atoms with E-state index < -0.39 is 0 Å². The Morgan fingerprint density at radius 3 is 2.93 bits per heavy atom. The second-order valence-corrected chi connectivity index (χ2v) is 4.08. The van der Waals surface area contributed by atoms with Crippen molar-refractivity contribution in [3.8, 4) is 6.07 Å². The molecule has 15 heavy (non-hydrogen) atoms. The van der Waals surface area contributed by atoms with Crippen molar-refractivity contribution in [2.45, 2.75) is 25.7 Å². The molecule has 2 heteroatoms. The molecule has 0 atom stereocenters. The molecule has 0 saturated heterocycles. The molecule has 2 aromatic heterocycles. The Hall–Kier alpha value is -1.75. The van der Waals surface area contributed by atoms with Gasteiger partial charge in [-0.05, 0) is 43.4 Å². The van der Waals surface area contributed by atoms with Crippen molar-refractivity contribution in [2.24, 2.45) is 0 Å². The normalized spacial score (nSPS) is 14.9. The maximum Gasteiger partial charge on any atom is 0.102 e. The minimum Gasteiger partial charge on any atom is -0.319 e. The van der Waals surface area contributed by atoms with Crippen LogP contribution in [0.2, 0.25) is 0 Å². The molecule has 0 aliphatic heterocycles. The third kappa shape index (κ3) is 1.10.